The van der Waals surface area contributed by atoms with E-state index in [1.54, 1.807) is 25.1 Å². The molecule has 10 nitrogen and oxygen atoms in total. The smallest absolute Gasteiger partial charge is 0.344 e. The third kappa shape index (κ3) is 4.53. The Morgan fingerprint density at radius 1 is 1.23 bits per heavy atom. The first-order chi connectivity index (χ1) is 18.6. The number of hydrogen-bond acceptors (Lipinski definition) is 8. The van der Waals surface area contributed by atoms with Crippen LogP contribution in [-0.4, -0.2) is 77.5 Å². The van der Waals surface area contributed by atoms with Gasteiger partial charge in [-0.3, -0.25) is 14.4 Å². The predicted molar refractivity (Wildman–Crippen MR) is 150 cm³/mol. The van der Waals surface area contributed by atoms with Gasteiger partial charge >= 0.3 is 11.5 Å². The Balaban J connectivity index is 1.77. The number of hydrogen-bond donors (Lipinski definition) is 1. The van der Waals surface area contributed by atoms with Gasteiger partial charge in [0.15, 0.2) is 0 Å². The molecule has 8 atom stereocenters. The molecule has 2 bridgehead atoms. The van der Waals surface area contributed by atoms with E-state index in [9.17, 15) is 24.3 Å². The Morgan fingerprint density at radius 2 is 1.90 bits per heavy atom. The maximum absolute atomic E-state index is 13.7. The molecule has 2 unspecified atom stereocenters. The summed E-state index contributed by atoms with van der Waals surface area (Å²) in [6, 6.07) is 1.29. The summed E-state index contributed by atoms with van der Waals surface area (Å²) in [7, 11) is 4.88. The summed E-state index contributed by atoms with van der Waals surface area (Å²) in [5.41, 5.74) is -2.92. The minimum absolute atomic E-state index is 0.0513. The summed E-state index contributed by atoms with van der Waals surface area (Å²) in [6.45, 7) is 12.2. The Kier molecular flexibility index (Phi) is 7.92. The van der Waals surface area contributed by atoms with Crippen molar-refractivity contribution in [1.82, 2.24) is 14.8 Å². The molecule has 1 amide bonds. The lowest BCUT2D eigenvalue weighted by Crippen LogP contribution is -2.63. The molecule has 0 radical (unpaired) electrons. The van der Waals surface area contributed by atoms with E-state index < -0.39 is 40.0 Å². The van der Waals surface area contributed by atoms with Crippen molar-refractivity contribution in [2.24, 2.45) is 34.0 Å². The van der Waals surface area contributed by atoms with Crippen LogP contribution in [0.4, 0.5) is 0 Å². The van der Waals surface area contributed by atoms with Gasteiger partial charge in [-0.05, 0) is 63.1 Å². The molecule has 0 saturated heterocycles. The number of carbonyl (C=O) groups is 3. The lowest BCUT2D eigenvalue weighted by atomic mass is 9.44. The monoisotopic (exact) mass is 556 g/mol. The lowest BCUT2D eigenvalue weighted by molar-refractivity contribution is -0.192. The van der Waals surface area contributed by atoms with Crippen LogP contribution in [0.15, 0.2) is 29.7 Å². The van der Waals surface area contributed by atoms with E-state index in [4.69, 9.17) is 4.74 Å². The number of carbonyl (C=O) groups excluding carboxylic acids is 3. The highest BCUT2D eigenvalue weighted by molar-refractivity contribution is 5.90. The Labute approximate surface area is 236 Å². The van der Waals surface area contributed by atoms with Crippen molar-refractivity contribution >= 4 is 17.7 Å². The SMILES string of the molecule is C=C[C@]1(C)C[C@@H](OC(=O)c2ccnn(N(C)C(=O)CN(C)C)c2=O)[C@]2(C)C(C)CC[C@]3(CCC(=O)C32)[C@@H](C)[C@@H]1O. The van der Waals surface area contributed by atoms with E-state index in [1.807, 2.05) is 20.8 Å². The number of nitrogens with zero attached hydrogens (tertiary/aromatic N) is 4. The molecule has 3 saturated carbocycles. The highest BCUT2D eigenvalue weighted by Crippen LogP contribution is 2.68. The average molecular weight is 557 g/mol. The van der Waals surface area contributed by atoms with Crippen molar-refractivity contribution in [2.45, 2.75) is 72.0 Å². The summed E-state index contributed by atoms with van der Waals surface area (Å²) >= 11 is 0. The third-order valence-corrected chi connectivity index (χ3v) is 10.7. The van der Waals surface area contributed by atoms with Crippen LogP contribution in [0.3, 0.4) is 0 Å². The average Bonchev–Trinajstić information content (AvgIpc) is 3.26. The zero-order valence-electron chi connectivity index (χ0n) is 24.8. The third-order valence-electron chi connectivity index (χ3n) is 10.7. The molecular formula is C30H44N4O6. The van der Waals surface area contributed by atoms with E-state index in [1.165, 1.54) is 19.3 Å². The number of ketones is 1. The van der Waals surface area contributed by atoms with Crippen molar-refractivity contribution in [3.05, 3.63) is 40.8 Å². The van der Waals surface area contributed by atoms with Gasteiger partial charge in [0, 0.05) is 30.2 Å². The Bertz CT molecular complexity index is 1260. The van der Waals surface area contributed by atoms with E-state index in [2.05, 4.69) is 18.6 Å². The maximum atomic E-state index is 13.7. The number of Topliss-reactive ketones (excluding diaryl/α,β-unsaturated/α-hetero) is 1. The van der Waals surface area contributed by atoms with E-state index in [-0.39, 0.29) is 48.0 Å². The van der Waals surface area contributed by atoms with Gasteiger partial charge < -0.3 is 14.7 Å². The number of ether oxygens (including phenoxy) is 1. The summed E-state index contributed by atoms with van der Waals surface area (Å²) in [5.74, 6) is -1.52. The normalized spacial score (nSPS) is 37.3. The molecule has 3 aliphatic rings. The molecule has 4 rings (SSSR count). The highest BCUT2D eigenvalue weighted by Gasteiger charge is 2.68. The number of aromatic nitrogens is 2. The Morgan fingerprint density at radius 3 is 2.52 bits per heavy atom. The van der Waals surface area contributed by atoms with Gasteiger partial charge in [-0.2, -0.15) is 5.10 Å². The molecule has 1 heterocycles. The number of amides is 1. The standard InChI is InChI=1S/C30H44N4O6/c1-9-28(4)16-22(29(5)18(2)10-13-30(19(3)25(28)37)14-11-21(35)24(29)30)40-27(39)20-12-15-31-34(26(20)38)33(8)23(36)17-32(6)7/h9,12,15,18-19,22,24-25,37H,1,10-11,13-14,16-17H2,2-8H3/t18?,19-,22+,24?,25-,28+,29-,30-/m0/s1. The largest absolute Gasteiger partial charge is 0.458 e. The molecule has 1 aromatic rings. The van der Waals surface area contributed by atoms with Crippen LogP contribution in [0, 0.1) is 34.0 Å². The van der Waals surface area contributed by atoms with Gasteiger partial charge in [0.2, 0.25) is 0 Å². The fraction of sp³-hybridized carbons (Fsp3) is 0.700. The second-order valence-corrected chi connectivity index (χ2v) is 13.1. The van der Waals surface area contributed by atoms with E-state index in [0.29, 0.717) is 12.8 Å². The minimum atomic E-state index is -0.843. The summed E-state index contributed by atoms with van der Waals surface area (Å²) in [5, 5.41) is 16.8. The molecule has 1 aromatic heterocycles. The van der Waals surface area contributed by atoms with E-state index in [0.717, 1.165) is 22.6 Å². The number of aliphatic hydroxyl groups excluding tert-OH is 1. The van der Waals surface area contributed by atoms with Crippen molar-refractivity contribution in [1.29, 1.82) is 0 Å². The number of aliphatic hydroxyl groups is 1. The zero-order chi connectivity index (χ0) is 29.8. The topological polar surface area (TPSA) is 122 Å². The van der Waals surface area contributed by atoms with Gasteiger partial charge in [-0.15, -0.1) is 11.4 Å². The molecule has 0 aliphatic heterocycles. The lowest BCUT2D eigenvalue weighted by Gasteiger charge is -2.61. The molecule has 3 fully saturated rings. The first kappa shape index (κ1) is 30.1. The number of esters is 1. The molecule has 220 valence electrons. The molecule has 0 aromatic carbocycles. The van der Waals surface area contributed by atoms with Gasteiger partial charge in [0.1, 0.15) is 17.5 Å². The maximum Gasteiger partial charge on any atom is 0.344 e. The molecule has 1 N–H and O–H groups in total. The van der Waals surface area contributed by atoms with E-state index >= 15 is 0 Å². The van der Waals surface area contributed by atoms with Crippen LogP contribution < -0.4 is 10.6 Å². The summed E-state index contributed by atoms with van der Waals surface area (Å²) in [4.78, 5) is 55.8. The van der Waals surface area contributed by atoms with Gasteiger partial charge in [0.05, 0.1) is 18.8 Å². The zero-order valence-corrected chi connectivity index (χ0v) is 24.8. The minimum Gasteiger partial charge on any atom is -0.458 e. The van der Waals surface area contributed by atoms with Crippen LogP contribution in [0.25, 0.3) is 0 Å². The van der Waals surface area contributed by atoms with Crippen molar-refractivity contribution in [2.75, 3.05) is 32.7 Å². The van der Waals surface area contributed by atoms with Crippen molar-refractivity contribution < 1.29 is 24.2 Å². The van der Waals surface area contributed by atoms with Crippen molar-refractivity contribution in [3.63, 3.8) is 0 Å². The van der Waals surface area contributed by atoms with Crippen LogP contribution in [0.5, 0.6) is 0 Å². The molecule has 0 spiro atoms. The quantitative estimate of drug-likeness (QED) is 0.419. The summed E-state index contributed by atoms with van der Waals surface area (Å²) in [6.07, 6.45) is 4.54. The highest BCUT2D eigenvalue weighted by atomic mass is 16.5. The Hall–Kier alpha value is -2.85. The fourth-order valence-electron chi connectivity index (χ4n) is 7.94. The van der Waals surface area contributed by atoms with Crippen LogP contribution >= 0.6 is 0 Å². The second kappa shape index (κ2) is 10.5. The van der Waals surface area contributed by atoms with Crippen molar-refractivity contribution in [3.8, 4) is 0 Å². The second-order valence-electron chi connectivity index (χ2n) is 13.1. The van der Waals surface area contributed by atoms with Crippen LogP contribution in [-0.2, 0) is 14.3 Å². The van der Waals surface area contributed by atoms with Gasteiger partial charge in [-0.25, -0.2) is 9.80 Å². The predicted octanol–water partition coefficient (Wildman–Crippen LogP) is 2.42. The number of likely N-dealkylation sites (N-methyl/N-ethyl adjacent to an activating group) is 2. The van der Waals surface area contributed by atoms with Gasteiger partial charge in [-0.1, -0.05) is 33.8 Å². The molecule has 40 heavy (non-hydrogen) atoms. The van der Waals surface area contributed by atoms with Gasteiger partial charge in [0.25, 0.3) is 5.91 Å². The fourth-order valence-corrected chi connectivity index (χ4v) is 7.94. The molecular weight excluding hydrogens is 512 g/mol. The number of rotatable bonds is 6. The first-order valence-electron chi connectivity index (χ1n) is 14.2. The first-order valence-corrected chi connectivity index (χ1v) is 14.2. The molecule has 10 heteroatoms. The van der Waals surface area contributed by atoms with Crippen LogP contribution in [0.1, 0.15) is 70.2 Å². The van der Waals surface area contributed by atoms with Crippen LogP contribution in [0.2, 0.25) is 0 Å². The summed E-state index contributed by atoms with van der Waals surface area (Å²) < 4.78 is 6.24. The molecule has 3 aliphatic carbocycles.